The lowest BCUT2D eigenvalue weighted by atomic mass is 9.81. The second kappa shape index (κ2) is 5.70. The summed E-state index contributed by atoms with van der Waals surface area (Å²) in [5, 5.41) is 2.71. The molecule has 0 aliphatic heterocycles. The molecule has 1 aliphatic carbocycles. The molecule has 0 aromatic heterocycles. The highest BCUT2D eigenvalue weighted by Crippen LogP contribution is 2.23. The molecule has 5 nitrogen and oxygen atoms in total. The molecule has 0 aromatic rings. The summed E-state index contributed by atoms with van der Waals surface area (Å²) in [5.41, 5.74) is 0. The van der Waals surface area contributed by atoms with E-state index in [1.54, 1.807) is 0 Å². The number of hydrogen-bond donors (Lipinski definition) is 1. The van der Waals surface area contributed by atoms with Crippen LogP contribution in [-0.2, 0) is 19.2 Å². The van der Waals surface area contributed by atoms with Gasteiger partial charge < -0.3 is 5.32 Å². The number of Topliss-reactive ketones (excluding diaryl/α,β-unsaturated/α-hetero) is 3. The molecule has 94 valence electrons. The molecule has 2 unspecified atom stereocenters. The molecule has 1 rings (SSSR count). The number of rotatable bonds is 4. The smallest absolute Gasteiger partial charge is 0.217 e. The molecule has 0 heterocycles. The van der Waals surface area contributed by atoms with Crippen molar-refractivity contribution in [3.8, 4) is 0 Å². The van der Waals surface area contributed by atoms with Crippen LogP contribution in [0.5, 0.6) is 0 Å². The topological polar surface area (TPSA) is 80.3 Å². The summed E-state index contributed by atoms with van der Waals surface area (Å²) in [6.07, 6.45) is 0.995. The van der Waals surface area contributed by atoms with Gasteiger partial charge in [-0.1, -0.05) is 0 Å². The Kier molecular flexibility index (Phi) is 4.54. The summed E-state index contributed by atoms with van der Waals surface area (Å²) in [5.74, 6) is -1.55. The van der Waals surface area contributed by atoms with Crippen molar-refractivity contribution in [1.82, 2.24) is 5.32 Å². The van der Waals surface area contributed by atoms with Crippen molar-refractivity contribution in [1.29, 1.82) is 0 Å². The Bertz CT molecular complexity index is 362. The first kappa shape index (κ1) is 13.5. The van der Waals surface area contributed by atoms with Crippen LogP contribution in [0.1, 0.15) is 39.5 Å². The predicted octanol–water partition coefficient (Wildman–Crippen LogP) is 0.408. The van der Waals surface area contributed by atoms with Gasteiger partial charge in [0.1, 0.15) is 11.6 Å². The minimum atomic E-state index is -0.718. The molecule has 0 bridgehead atoms. The zero-order chi connectivity index (χ0) is 13.0. The second-order valence-corrected chi connectivity index (χ2v) is 4.54. The van der Waals surface area contributed by atoms with Crippen molar-refractivity contribution >= 4 is 23.3 Å². The van der Waals surface area contributed by atoms with Gasteiger partial charge in [-0.3, -0.25) is 19.2 Å². The Morgan fingerprint density at radius 2 is 1.94 bits per heavy atom. The van der Waals surface area contributed by atoms with Gasteiger partial charge in [0.05, 0.1) is 12.3 Å². The summed E-state index contributed by atoms with van der Waals surface area (Å²) in [6, 6.07) is -0.133. The monoisotopic (exact) mass is 239 g/mol. The summed E-state index contributed by atoms with van der Waals surface area (Å²) >= 11 is 0. The molecule has 0 spiro atoms. The van der Waals surface area contributed by atoms with Crippen LogP contribution in [0, 0.1) is 5.92 Å². The number of nitrogens with one attached hydrogen (secondary N) is 1. The third-order valence-corrected chi connectivity index (χ3v) is 2.87. The fraction of sp³-hybridized carbons (Fsp3) is 0.667. The SMILES string of the molecule is CC(=O)CC(=O)C1CC(NC(C)=O)CCC1=O. The molecule has 0 saturated heterocycles. The minimum absolute atomic E-state index is 0.113. The lowest BCUT2D eigenvalue weighted by molar-refractivity contribution is -0.137. The van der Waals surface area contributed by atoms with Crippen molar-refractivity contribution in [2.75, 3.05) is 0 Å². The van der Waals surface area contributed by atoms with Crippen molar-refractivity contribution in [3.63, 3.8) is 0 Å². The van der Waals surface area contributed by atoms with E-state index in [9.17, 15) is 19.2 Å². The first-order valence-electron chi connectivity index (χ1n) is 5.72. The van der Waals surface area contributed by atoms with Gasteiger partial charge in [0, 0.05) is 19.4 Å². The molecule has 1 aliphatic rings. The lowest BCUT2D eigenvalue weighted by Crippen LogP contribution is -2.42. The number of carbonyl (C=O) groups is 4. The Balaban J connectivity index is 2.62. The first-order valence-corrected chi connectivity index (χ1v) is 5.72. The van der Waals surface area contributed by atoms with E-state index in [1.807, 2.05) is 0 Å². The molecule has 1 fully saturated rings. The predicted molar refractivity (Wildman–Crippen MR) is 60.3 cm³/mol. The number of carbonyl (C=O) groups excluding carboxylic acids is 4. The average molecular weight is 239 g/mol. The van der Waals surface area contributed by atoms with Gasteiger partial charge in [0.2, 0.25) is 5.91 Å². The van der Waals surface area contributed by atoms with Crippen molar-refractivity contribution in [2.24, 2.45) is 5.92 Å². The highest BCUT2D eigenvalue weighted by molar-refractivity contribution is 6.09. The fourth-order valence-electron chi connectivity index (χ4n) is 2.12. The summed E-state index contributed by atoms with van der Waals surface area (Å²) in [4.78, 5) is 45.1. The molecular formula is C12H17NO4. The molecule has 5 heteroatoms. The van der Waals surface area contributed by atoms with Crippen molar-refractivity contribution in [3.05, 3.63) is 0 Å². The van der Waals surface area contributed by atoms with Crippen LogP contribution < -0.4 is 5.32 Å². The van der Waals surface area contributed by atoms with E-state index >= 15 is 0 Å². The third kappa shape index (κ3) is 4.09. The minimum Gasteiger partial charge on any atom is -0.354 e. The van der Waals surface area contributed by atoms with Crippen molar-refractivity contribution in [2.45, 2.75) is 45.6 Å². The quantitative estimate of drug-likeness (QED) is 0.720. The number of amides is 1. The molecule has 17 heavy (non-hydrogen) atoms. The van der Waals surface area contributed by atoms with Gasteiger partial charge >= 0.3 is 0 Å². The van der Waals surface area contributed by atoms with Crippen LogP contribution in [-0.4, -0.2) is 29.3 Å². The van der Waals surface area contributed by atoms with E-state index in [2.05, 4.69) is 5.32 Å². The number of hydrogen-bond acceptors (Lipinski definition) is 4. The van der Waals surface area contributed by atoms with Crippen LogP contribution in [0.25, 0.3) is 0 Å². The maximum atomic E-state index is 11.7. The van der Waals surface area contributed by atoms with E-state index in [0.717, 1.165) is 0 Å². The summed E-state index contributed by atoms with van der Waals surface area (Å²) in [7, 11) is 0. The Hall–Kier alpha value is -1.52. The highest BCUT2D eigenvalue weighted by Gasteiger charge is 2.34. The van der Waals surface area contributed by atoms with Gasteiger partial charge in [-0.2, -0.15) is 0 Å². The van der Waals surface area contributed by atoms with E-state index in [4.69, 9.17) is 0 Å². The molecule has 2 atom stereocenters. The van der Waals surface area contributed by atoms with Crippen LogP contribution in [0.3, 0.4) is 0 Å². The van der Waals surface area contributed by atoms with Gasteiger partial charge in [0.25, 0.3) is 0 Å². The highest BCUT2D eigenvalue weighted by atomic mass is 16.2. The van der Waals surface area contributed by atoms with E-state index in [0.29, 0.717) is 19.3 Å². The molecule has 1 N–H and O–H groups in total. The Morgan fingerprint density at radius 3 is 2.47 bits per heavy atom. The average Bonchev–Trinajstić information content (AvgIpc) is 2.19. The summed E-state index contributed by atoms with van der Waals surface area (Å²) < 4.78 is 0. The van der Waals surface area contributed by atoms with Gasteiger partial charge in [-0.15, -0.1) is 0 Å². The van der Waals surface area contributed by atoms with Crippen LogP contribution in [0.2, 0.25) is 0 Å². The van der Waals surface area contributed by atoms with Crippen molar-refractivity contribution < 1.29 is 19.2 Å². The van der Waals surface area contributed by atoms with Crippen LogP contribution in [0.4, 0.5) is 0 Å². The largest absolute Gasteiger partial charge is 0.354 e. The van der Waals surface area contributed by atoms with E-state index in [1.165, 1.54) is 13.8 Å². The van der Waals surface area contributed by atoms with Gasteiger partial charge in [0.15, 0.2) is 5.78 Å². The maximum Gasteiger partial charge on any atom is 0.217 e. The molecule has 1 amide bonds. The zero-order valence-corrected chi connectivity index (χ0v) is 10.1. The molecule has 0 radical (unpaired) electrons. The zero-order valence-electron chi connectivity index (χ0n) is 10.1. The standard InChI is InChI=1S/C12H17NO4/c1-7(14)5-12(17)10-6-9(13-8(2)15)3-4-11(10)16/h9-10H,3-6H2,1-2H3,(H,13,15). The van der Waals surface area contributed by atoms with Gasteiger partial charge in [-0.25, -0.2) is 0 Å². The van der Waals surface area contributed by atoms with E-state index in [-0.39, 0.29) is 35.7 Å². The lowest BCUT2D eigenvalue weighted by Gasteiger charge is -2.27. The van der Waals surface area contributed by atoms with Gasteiger partial charge in [-0.05, 0) is 19.8 Å². The third-order valence-electron chi connectivity index (χ3n) is 2.87. The maximum absolute atomic E-state index is 11.7. The first-order chi connectivity index (χ1) is 7.90. The Labute approximate surface area is 99.9 Å². The molecular weight excluding hydrogens is 222 g/mol. The Morgan fingerprint density at radius 1 is 1.29 bits per heavy atom. The van der Waals surface area contributed by atoms with E-state index < -0.39 is 5.92 Å². The molecule has 0 aromatic carbocycles. The number of ketones is 3. The fourth-order valence-corrected chi connectivity index (χ4v) is 2.12. The van der Waals surface area contributed by atoms with Crippen LogP contribution in [0.15, 0.2) is 0 Å². The van der Waals surface area contributed by atoms with Crippen LogP contribution >= 0.6 is 0 Å². The summed E-state index contributed by atoms with van der Waals surface area (Å²) in [6.45, 7) is 2.74. The molecule has 1 saturated carbocycles. The second-order valence-electron chi connectivity index (χ2n) is 4.54. The normalized spacial score (nSPS) is 24.2.